The number of methoxy groups -OCH3 is 1. The number of hydrogen-bond acceptors (Lipinski definition) is 7. The molecule has 1 atom stereocenters. The lowest BCUT2D eigenvalue weighted by Gasteiger charge is -2.35. The Labute approximate surface area is 161 Å². The van der Waals surface area contributed by atoms with Crippen molar-refractivity contribution in [2.75, 3.05) is 25.7 Å². The number of carbonyl (C=O) groups is 3. The minimum absolute atomic E-state index is 0.0673. The number of ether oxygens (including phenoxy) is 3. The second kappa shape index (κ2) is 6.88. The van der Waals surface area contributed by atoms with Gasteiger partial charge >= 0.3 is 11.9 Å². The lowest BCUT2D eigenvalue weighted by atomic mass is 9.67. The molecular formula is C20H20N2O6. The third-order valence-corrected chi connectivity index (χ3v) is 4.83. The van der Waals surface area contributed by atoms with Gasteiger partial charge in [-0.2, -0.15) is 0 Å². The lowest BCUT2D eigenvalue weighted by molar-refractivity contribution is -0.142. The molecule has 0 bridgehead atoms. The number of esters is 2. The molecule has 0 saturated carbocycles. The maximum atomic E-state index is 13.6. The summed E-state index contributed by atoms with van der Waals surface area (Å²) in [6.07, 6.45) is 1.39. The van der Waals surface area contributed by atoms with E-state index in [1.807, 2.05) is 0 Å². The Hall–Kier alpha value is -3.55. The van der Waals surface area contributed by atoms with Crippen LogP contribution < -0.4 is 10.6 Å². The van der Waals surface area contributed by atoms with E-state index in [1.165, 1.54) is 17.9 Å². The van der Waals surface area contributed by atoms with Crippen LogP contribution in [0.15, 0.2) is 59.7 Å². The summed E-state index contributed by atoms with van der Waals surface area (Å²) in [6.45, 7) is 4.92. The molecule has 146 valence electrons. The van der Waals surface area contributed by atoms with Crippen molar-refractivity contribution in [3.05, 3.63) is 65.3 Å². The highest BCUT2D eigenvalue weighted by Crippen LogP contribution is 2.54. The van der Waals surface area contributed by atoms with Crippen molar-refractivity contribution in [2.24, 2.45) is 5.73 Å². The van der Waals surface area contributed by atoms with Gasteiger partial charge in [0.25, 0.3) is 0 Å². The molecule has 28 heavy (non-hydrogen) atoms. The standard InChI is InChI=1S/C20H20N2O6/c1-5-10-27-18(24)14-11(2)28-16(21)15(17(23)26-4)20(14)12-8-6-7-9-13(12)22(3)19(20)25/h5-9H,1,10,21H2,2-4H3/t20-/m1/s1. The van der Waals surface area contributed by atoms with Crippen LogP contribution in [0.25, 0.3) is 0 Å². The van der Waals surface area contributed by atoms with Crippen LogP contribution >= 0.6 is 0 Å². The van der Waals surface area contributed by atoms with Crippen molar-refractivity contribution >= 4 is 23.5 Å². The van der Waals surface area contributed by atoms with Gasteiger partial charge in [0.2, 0.25) is 11.8 Å². The van der Waals surface area contributed by atoms with E-state index in [-0.39, 0.29) is 29.4 Å². The first-order valence-electron chi connectivity index (χ1n) is 8.45. The van der Waals surface area contributed by atoms with Crippen LogP contribution in [-0.4, -0.2) is 38.6 Å². The number of amides is 1. The van der Waals surface area contributed by atoms with Crippen molar-refractivity contribution in [2.45, 2.75) is 12.3 Å². The summed E-state index contributed by atoms with van der Waals surface area (Å²) in [5, 5.41) is 0. The molecule has 2 aliphatic heterocycles. The molecule has 0 fully saturated rings. The number of allylic oxidation sites excluding steroid dienone is 1. The number of nitrogens with zero attached hydrogens (tertiary/aromatic N) is 1. The molecule has 8 heteroatoms. The number of para-hydroxylation sites is 1. The van der Waals surface area contributed by atoms with Gasteiger partial charge < -0.3 is 24.8 Å². The van der Waals surface area contributed by atoms with Gasteiger partial charge in [-0.1, -0.05) is 30.9 Å². The third-order valence-electron chi connectivity index (χ3n) is 4.83. The SMILES string of the molecule is C=CCOC(=O)C1=C(C)OC(N)=C(C(=O)OC)[C@]12C(=O)N(C)c1ccccc12. The number of rotatable bonds is 4. The number of nitrogens with two attached hydrogens (primary N) is 1. The van der Waals surface area contributed by atoms with E-state index >= 15 is 0 Å². The summed E-state index contributed by atoms with van der Waals surface area (Å²) >= 11 is 0. The van der Waals surface area contributed by atoms with Crippen LogP contribution in [0, 0.1) is 0 Å². The predicted molar refractivity (Wildman–Crippen MR) is 99.7 cm³/mol. The third kappa shape index (κ3) is 2.41. The van der Waals surface area contributed by atoms with E-state index in [9.17, 15) is 14.4 Å². The fraction of sp³-hybridized carbons (Fsp3) is 0.250. The molecule has 2 heterocycles. The average Bonchev–Trinajstić information content (AvgIpc) is 2.89. The number of likely N-dealkylation sites (N-methyl/N-ethyl adjacent to an activating group) is 1. The van der Waals surface area contributed by atoms with E-state index in [0.29, 0.717) is 11.3 Å². The zero-order chi connectivity index (χ0) is 20.6. The highest BCUT2D eigenvalue weighted by Gasteiger charge is 2.63. The molecule has 0 unspecified atom stereocenters. The normalized spacial score (nSPS) is 20.8. The van der Waals surface area contributed by atoms with Gasteiger partial charge in [0.15, 0.2) is 0 Å². The minimum Gasteiger partial charge on any atom is -0.465 e. The summed E-state index contributed by atoms with van der Waals surface area (Å²) in [4.78, 5) is 40.6. The number of anilines is 1. The molecule has 2 aliphatic rings. The first kappa shape index (κ1) is 19.2. The Bertz CT molecular complexity index is 961. The van der Waals surface area contributed by atoms with E-state index in [2.05, 4.69) is 6.58 Å². The fourth-order valence-electron chi connectivity index (χ4n) is 3.74. The summed E-state index contributed by atoms with van der Waals surface area (Å²) in [5.74, 6) is -2.46. The maximum Gasteiger partial charge on any atom is 0.340 e. The van der Waals surface area contributed by atoms with Crippen LogP contribution in [0.4, 0.5) is 5.69 Å². The second-order valence-electron chi connectivity index (χ2n) is 6.28. The molecule has 0 aliphatic carbocycles. The van der Waals surface area contributed by atoms with Crippen molar-refractivity contribution in [1.29, 1.82) is 0 Å². The highest BCUT2D eigenvalue weighted by molar-refractivity contribution is 6.22. The highest BCUT2D eigenvalue weighted by atomic mass is 16.5. The van der Waals surface area contributed by atoms with Crippen molar-refractivity contribution < 1.29 is 28.6 Å². The summed E-state index contributed by atoms with van der Waals surface area (Å²) in [7, 11) is 2.71. The largest absolute Gasteiger partial charge is 0.465 e. The predicted octanol–water partition coefficient (Wildman–Crippen LogP) is 1.28. The van der Waals surface area contributed by atoms with E-state index in [0.717, 1.165) is 7.11 Å². The van der Waals surface area contributed by atoms with E-state index in [1.54, 1.807) is 31.3 Å². The molecule has 1 amide bonds. The monoisotopic (exact) mass is 384 g/mol. The lowest BCUT2D eigenvalue weighted by Crippen LogP contribution is -2.50. The van der Waals surface area contributed by atoms with Crippen LogP contribution in [0.1, 0.15) is 12.5 Å². The summed E-state index contributed by atoms with van der Waals surface area (Å²) in [6, 6.07) is 6.82. The first-order valence-corrected chi connectivity index (χ1v) is 8.45. The Morgan fingerprint density at radius 1 is 1.29 bits per heavy atom. The molecule has 0 saturated heterocycles. The molecule has 1 aromatic rings. The Morgan fingerprint density at radius 3 is 2.61 bits per heavy atom. The second-order valence-corrected chi connectivity index (χ2v) is 6.28. The van der Waals surface area contributed by atoms with E-state index < -0.39 is 23.3 Å². The number of hydrogen-bond donors (Lipinski definition) is 1. The molecule has 3 rings (SSSR count). The maximum absolute atomic E-state index is 13.6. The van der Waals surface area contributed by atoms with Crippen molar-refractivity contribution in [1.82, 2.24) is 0 Å². The molecule has 1 aromatic carbocycles. The van der Waals surface area contributed by atoms with Gasteiger partial charge in [0.05, 0.1) is 7.11 Å². The van der Waals surface area contributed by atoms with Gasteiger partial charge in [0.1, 0.15) is 28.9 Å². The molecule has 0 aromatic heterocycles. The van der Waals surface area contributed by atoms with E-state index in [4.69, 9.17) is 19.9 Å². The Balaban J connectivity index is 2.40. The molecule has 8 nitrogen and oxygen atoms in total. The molecule has 1 spiro atoms. The number of carbonyl (C=O) groups excluding carboxylic acids is 3. The van der Waals surface area contributed by atoms with Crippen molar-refractivity contribution in [3.8, 4) is 0 Å². The van der Waals surface area contributed by atoms with Gasteiger partial charge in [0, 0.05) is 18.3 Å². The fourth-order valence-corrected chi connectivity index (χ4v) is 3.74. The number of fused-ring (bicyclic) bond motifs is 2. The average molecular weight is 384 g/mol. The van der Waals surface area contributed by atoms with Crippen LogP contribution in [-0.2, 0) is 34.0 Å². The zero-order valence-corrected chi connectivity index (χ0v) is 15.8. The number of benzene rings is 1. The smallest absolute Gasteiger partial charge is 0.340 e. The topological polar surface area (TPSA) is 108 Å². The van der Waals surface area contributed by atoms with Gasteiger partial charge in [-0.25, -0.2) is 9.59 Å². The van der Waals surface area contributed by atoms with Gasteiger partial charge in [-0.15, -0.1) is 0 Å². The Kier molecular flexibility index (Phi) is 4.72. The molecular weight excluding hydrogens is 364 g/mol. The van der Waals surface area contributed by atoms with Crippen LogP contribution in [0.3, 0.4) is 0 Å². The minimum atomic E-state index is -1.83. The van der Waals surface area contributed by atoms with Crippen molar-refractivity contribution in [3.63, 3.8) is 0 Å². The summed E-state index contributed by atoms with van der Waals surface area (Å²) in [5.41, 5.74) is 4.75. The summed E-state index contributed by atoms with van der Waals surface area (Å²) < 4.78 is 15.5. The Morgan fingerprint density at radius 2 is 1.96 bits per heavy atom. The van der Waals surface area contributed by atoms with Crippen LogP contribution in [0.5, 0.6) is 0 Å². The molecule has 0 radical (unpaired) electrons. The first-order chi connectivity index (χ1) is 13.3. The van der Waals surface area contributed by atoms with Gasteiger partial charge in [-0.3, -0.25) is 4.79 Å². The quantitative estimate of drug-likeness (QED) is 0.615. The van der Waals surface area contributed by atoms with Gasteiger partial charge in [-0.05, 0) is 13.0 Å². The zero-order valence-electron chi connectivity index (χ0n) is 15.8. The van der Waals surface area contributed by atoms with Crippen LogP contribution in [0.2, 0.25) is 0 Å². The molecule has 2 N–H and O–H groups in total.